The first kappa shape index (κ1) is 37.6. The molecule has 6 nitrogen and oxygen atoms in total. The van der Waals surface area contributed by atoms with E-state index in [9.17, 15) is 36.2 Å². The van der Waals surface area contributed by atoms with Crippen molar-refractivity contribution in [1.82, 2.24) is 15.1 Å². The average molecular weight is 784 g/mol. The number of hydrogen-bond acceptors (Lipinski definition) is 6. The van der Waals surface area contributed by atoms with Gasteiger partial charge in [0, 0.05) is 50.8 Å². The molecule has 58 heavy (non-hydrogen) atoms. The highest BCUT2D eigenvalue weighted by Gasteiger charge is 2.35. The monoisotopic (exact) mass is 783 g/mol. The van der Waals surface area contributed by atoms with Crippen LogP contribution < -0.4 is 0 Å². The molecule has 286 valence electrons. The van der Waals surface area contributed by atoms with Crippen LogP contribution in [0.1, 0.15) is 27.0 Å². The van der Waals surface area contributed by atoms with E-state index in [2.05, 4.69) is 15.1 Å². The van der Waals surface area contributed by atoms with Gasteiger partial charge in [0.2, 0.25) is 0 Å². The number of carbonyl (C=O) groups excluding carboxylic acids is 1. The van der Waals surface area contributed by atoms with Crippen LogP contribution in [-0.4, -0.2) is 26.0 Å². The fraction of sp³-hybridized carbons (Fsp3) is 0.0435. The topological polar surface area (TPSA) is 89.1 Å². The molecule has 12 heteroatoms. The molecule has 0 saturated heterocycles. The van der Waals surface area contributed by atoms with Crippen LogP contribution >= 0.6 is 0 Å². The Kier molecular flexibility index (Phi) is 9.69. The van der Waals surface area contributed by atoms with E-state index >= 15 is 0 Å². The zero-order valence-corrected chi connectivity index (χ0v) is 29.9. The number of aromatic nitrogens is 3. The quantitative estimate of drug-likeness (QED) is 0.138. The number of phenols is 1. The SMILES string of the molecule is FC(F)(F)c1cccc2c(-c3ccccc3)c(-c3noc4ccccc34)cnc12.O=C(c1ccccc1O)c1cnc2c(C(F)(F)F)cccc2c1-c1ccccc1. The van der Waals surface area contributed by atoms with E-state index < -0.39 is 29.3 Å². The molecule has 1 N–H and O–H groups in total. The van der Waals surface area contributed by atoms with Gasteiger partial charge in [0.1, 0.15) is 11.4 Å². The third-order valence-corrected chi connectivity index (χ3v) is 9.56. The van der Waals surface area contributed by atoms with Gasteiger partial charge in [0.25, 0.3) is 0 Å². The van der Waals surface area contributed by atoms with Crippen LogP contribution in [0.5, 0.6) is 5.75 Å². The Morgan fingerprint density at radius 3 is 1.62 bits per heavy atom. The summed E-state index contributed by atoms with van der Waals surface area (Å²) in [6, 6.07) is 39.3. The Morgan fingerprint density at radius 2 is 1.02 bits per heavy atom. The summed E-state index contributed by atoms with van der Waals surface area (Å²) in [6.45, 7) is 0. The molecule has 0 spiro atoms. The Hall–Kier alpha value is -7.34. The molecule has 9 aromatic rings. The number of hydrogen-bond donors (Lipinski definition) is 1. The van der Waals surface area contributed by atoms with E-state index in [1.165, 1.54) is 36.5 Å². The first-order chi connectivity index (χ1) is 27.9. The highest BCUT2D eigenvalue weighted by Crippen LogP contribution is 2.43. The van der Waals surface area contributed by atoms with Crippen molar-refractivity contribution in [2.45, 2.75) is 12.4 Å². The maximum Gasteiger partial charge on any atom is 0.418 e. The summed E-state index contributed by atoms with van der Waals surface area (Å²) in [7, 11) is 0. The van der Waals surface area contributed by atoms with Crippen LogP contribution in [0.25, 0.3) is 66.3 Å². The van der Waals surface area contributed by atoms with Crippen LogP contribution in [0.3, 0.4) is 0 Å². The summed E-state index contributed by atoms with van der Waals surface area (Å²) in [5.74, 6) is -0.727. The lowest BCUT2D eigenvalue weighted by molar-refractivity contribution is -0.137. The van der Waals surface area contributed by atoms with Crippen molar-refractivity contribution in [3.05, 3.63) is 180 Å². The molecule has 0 radical (unpaired) electrons. The van der Waals surface area contributed by atoms with E-state index in [-0.39, 0.29) is 33.3 Å². The lowest BCUT2D eigenvalue weighted by atomic mass is 9.91. The van der Waals surface area contributed by atoms with Gasteiger partial charge in [0.15, 0.2) is 11.4 Å². The van der Waals surface area contributed by atoms with Crippen molar-refractivity contribution in [2.75, 3.05) is 0 Å². The molecule has 0 aliphatic rings. The van der Waals surface area contributed by atoms with Crippen molar-refractivity contribution < 1.29 is 40.8 Å². The molecule has 0 unspecified atom stereocenters. The Bertz CT molecular complexity index is 2960. The van der Waals surface area contributed by atoms with E-state index in [1.54, 1.807) is 54.6 Å². The zero-order valence-electron chi connectivity index (χ0n) is 29.9. The molecule has 6 aromatic carbocycles. The largest absolute Gasteiger partial charge is 0.507 e. The molecular weight excluding hydrogens is 757 g/mol. The van der Waals surface area contributed by atoms with Gasteiger partial charge in [-0.2, -0.15) is 26.3 Å². The minimum atomic E-state index is -4.58. The summed E-state index contributed by atoms with van der Waals surface area (Å²) >= 11 is 0. The summed E-state index contributed by atoms with van der Waals surface area (Å²) in [5, 5.41) is 15.7. The number of benzene rings is 6. The maximum atomic E-state index is 13.6. The standard InChI is InChI=1S/C23H13F3N2O.C23H14F3NO2/c24-23(25,26)18-11-6-10-16-20(14-7-2-1-3-8-14)17(13-27-22(16)18)21-15-9-4-5-12-19(15)29-28-21;24-23(25,26)18-11-6-10-16-20(14-7-2-1-3-8-14)17(13-27-21(16)18)22(29)15-9-4-5-12-19(15)28/h1-13H;1-13,28H. The van der Waals surface area contributed by atoms with Gasteiger partial charge in [-0.15, -0.1) is 0 Å². The molecule has 3 aromatic heterocycles. The first-order valence-corrected chi connectivity index (χ1v) is 17.7. The van der Waals surface area contributed by atoms with Gasteiger partial charge in [-0.1, -0.05) is 114 Å². The molecular formula is C46H27F6N3O3. The average Bonchev–Trinajstić information content (AvgIpc) is 3.66. The van der Waals surface area contributed by atoms with Gasteiger partial charge < -0.3 is 9.63 Å². The number of rotatable bonds is 5. The minimum absolute atomic E-state index is 0.0535. The number of fused-ring (bicyclic) bond motifs is 3. The summed E-state index contributed by atoms with van der Waals surface area (Å²) in [6.07, 6.45) is -6.48. The Balaban J connectivity index is 0.000000162. The Morgan fingerprint density at radius 1 is 0.517 bits per heavy atom. The van der Waals surface area contributed by atoms with E-state index in [1.807, 2.05) is 48.5 Å². The van der Waals surface area contributed by atoms with Crippen LogP contribution in [0.15, 0.2) is 163 Å². The van der Waals surface area contributed by atoms with Crippen molar-refractivity contribution in [3.8, 4) is 39.3 Å². The smallest absolute Gasteiger partial charge is 0.418 e. The number of pyridine rings is 2. The number of nitrogens with zero attached hydrogens (tertiary/aromatic N) is 3. The second-order valence-corrected chi connectivity index (χ2v) is 13.1. The van der Waals surface area contributed by atoms with E-state index in [4.69, 9.17) is 4.52 Å². The lowest BCUT2D eigenvalue weighted by Gasteiger charge is -2.16. The van der Waals surface area contributed by atoms with E-state index in [0.717, 1.165) is 29.3 Å². The van der Waals surface area contributed by atoms with Crippen LogP contribution in [0, 0.1) is 0 Å². The van der Waals surface area contributed by atoms with Crippen LogP contribution in [-0.2, 0) is 12.4 Å². The number of halogens is 6. The molecule has 3 heterocycles. The third-order valence-electron chi connectivity index (χ3n) is 9.56. The normalized spacial score (nSPS) is 11.8. The fourth-order valence-corrected chi connectivity index (χ4v) is 6.98. The minimum Gasteiger partial charge on any atom is -0.507 e. The molecule has 0 amide bonds. The van der Waals surface area contributed by atoms with E-state index in [0.29, 0.717) is 38.9 Å². The Labute approximate surface area is 325 Å². The lowest BCUT2D eigenvalue weighted by Crippen LogP contribution is -2.09. The van der Waals surface area contributed by atoms with Crippen molar-refractivity contribution in [3.63, 3.8) is 0 Å². The van der Waals surface area contributed by atoms with Gasteiger partial charge in [-0.3, -0.25) is 14.8 Å². The molecule has 9 rings (SSSR count). The zero-order chi connectivity index (χ0) is 40.6. The van der Waals surface area contributed by atoms with Gasteiger partial charge >= 0.3 is 12.4 Å². The number of para-hydroxylation sites is 4. The molecule has 0 aliphatic carbocycles. The molecule has 0 bridgehead atoms. The van der Waals surface area contributed by atoms with Gasteiger partial charge in [-0.25, -0.2) is 0 Å². The fourth-order valence-electron chi connectivity index (χ4n) is 6.98. The maximum absolute atomic E-state index is 13.6. The third kappa shape index (κ3) is 7.00. The molecule has 0 atom stereocenters. The first-order valence-electron chi connectivity index (χ1n) is 17.7. The highest BCUT2D eigenvalue weighted by atomic mass is 19.4. The second kappa shape index (κ2) is 15.0. The summed E-state index contributed by atoms with van der Waals surface area (Å²) in [5.41, 5.74) is 2.34. The number of carbonyl (C=O) groups is 1. The van der Waals surface area contributed by atoms with Crippen molar-refractivity contribution >= 4 is 38.6 Å². The number of alkyl halides is 6. The van der Waals surface area contributed by atoms with Crippen molar-refractivity contribution in [2.24, 2.45) is 0 Å². The van der Waals surface area contributed by atoms with Gasteiger partial charge in [-0.05, 0) is 47.5 Å². The summed E-state index contributed by atoms with van der Waals surface area (Å²) in [4.78, 5) is 21.3. The van der Waals surface area contributed by atoms with Crippen LogP contribution in [0.2, 0.25) is 0 Å². The predicted molar refractivity (Wildman–Crippen MR) is 209 cm³/mol. The molecule has 0 fully saturated rings. The van der Waals surface area contributed by atoms with Crippen LogP contribution in [0.4, 0.5) is 26.3 Å². The number of aromatic hydroxyl groups is 1. The number of ketones is 1. The number of phenolic OH excluding ortho intramolecular Hbond substituents is 1. The van der Waals surface area contributed by atoms with Gasteiger partial charge in [0.05, 0.1) is 27.7 Å². The van der Waals surface area contributed by atoms with Crippen molar-refractivity contribution in [1.29, 1.82) is 0 Å². The summed E-state index contributed by atoms with van der Waals surface area (Å²) < 4.78 is 86.6. The second-order valence-electron chi connectivity index (χ2n) is 13.1. The highest BCUT2D eigenvalue weighted by molar-refractivity contribution is 6.17. The predicted octanol–water partition coefficient (Wildman–Crippen LogP) is 12.6. The molecule has 0 aliphatic heterocycles. The molecule has 0 saturated carbocycles.